The smallest absolute Gasteiger partial charge is 0.329 e. The molecule has 0 aliphatic heterocycles. The first-order valence-electron chi connectivity index (χ1n) is 6.95. The second-order valence-electron chi connectivity index (χ2n) is 5.09. The Kier molecular flexibility index (Phi) is 5.58. The molecule has 0 spiro atoms. The first-order valence-corrected chi connectivity index (χ1v) is 6.95. The van der Waals surface area contributed by atoms with Gasteiger partial charge in [0.25, 0.3) is 0 Å². The van der Waals surface area contributed by atoms with E-state index >= 15 is 0 Å². The molecule has 1 rings (SSSR count). The summed E-state index contributed by atoms with van der Waals surface area (Å²) in [5.41, 5.74) is 0.241. The van der Waals surface area contributed by atoms with E-state index < -0.39 is 17.5 Å². The average Bonchev–Trinajstić information content (AvgIpc) is 2.44. The first-order chi connectivity index (χ1) is 9.86. The third-order valence-electron chi connectivity index (χ3n) is 3.60. The van der Waals surface area contributed by atoms with Crippen molar-refractivity contribution < 1.29 is 14.7 Å². The van der Waals surface area contributed by atoms with Gasteiger partial charge >= 0.3 is 12.0 Å². The Morgan fingerprint density at radius 1 is 1.19 bits per heavy atom. The average molecular weight is 293 g/mol. The van der Waals surface area contributed by atoms with E-state index in [9.17, 15) is 14.7 Å². The molecule has 0 aliphatic carbocycles. The Morgan fingerprint density at radius 2 is 1.76 bits per heavy atom. The van der Waals surface area contributed by atoms with E-state index in [0.29, 0.717) is 18.5 Å². The summed E-state index contributed by atoms with van der Waals surface area (Å²) in [4.78, 5) is 25.4. The van der Waals surface area contributed by atoms with Crippen molar-refractivity contribution in [2.24, 2.45) is 0 Å². The van der Waals surface area contributed by atoms with Crippen LogP contribution < -0.4 is 15.5 Å². The number of carboxylic acid groups (broad SMARTS) is 1. The fraction of sp³-hybridized carbons (Fsp3) is 0.467. The minimum atomic E-state index is -1.24. The first kappa shape index (κ1) is 16.8. The SMILES string of the molecule is CCC(CC)(NC(=O)Nc1ccccc1N(C)C)C(=O)O. The van der Waals surface area contributed by atoms with Crippen molar-refractivity contribution >= 4 is 23.4 Å². The number of anilines is 2. The molecule has 0 atom stereocenters. The molecule has 2 amide bonds. The summed E-state index contributed by atoms with van der Waals surface area (Å²) in [6.07, 6.45) is 0.642. The van der Waals surface area contributed by atoms with Gasteiger partial charge in [-0.05, 0) is 25.0 Å². The predicted octanol–water partition coefficient (Wildman–Crippen LogP) is 2.52. The molecule has 0 heterocycles. The van der Waals surface area contributed by atoms with Crippen molar-refractivity contribution in [2.45, 2.75) is 32.2 Å². The quantitative estimate of drug-likeness (QED) is 0.752. The Hall–Kier alpha value is -2.24. The fourth-order valence-electron chi connectivity index (χ4n) is 2.12. The van der Waals surface area contributed by atoms with E-state index in [1.165, 1.54) is 0 Å². The second kappa shape index (κ2) is 6.97. The summed E-state index contributed by atoms with van der Waals surface area (Å²) in [5.74, 6) is -1.02. The van der Waals surface area contributed by atoms with Crippen LogP contribution in [-0.4, -0.2) is 36.7 Å². The molecule has 0 bridgehead atoms. The molecule has 0 aromatic heterocycles. The molecule has 21 heavy (non-hydrogen) atoms. The third kappa shape index (κ3) is 3.87. The molecule has 6 heteroatoms. The van der Waals surface area contributed by atoms with Gasteiger partial charge in [0.1, 0.15) is 5.54 Å². The highest BCUT2D eigenvalue weighted by Crippen LogP contribution is 2.24. The van der Waals surface area contributed by atoms with Gasteiger partial charge in [-0.25, -0.2) is 9.59 Å². The van der Waals surface area contributed by atoms with E-state index in [4.69, 9.17) is 0 Å². The van der Waals surface area contributed by atoms with Gasteiger partial charge in [0.05, 0.1) is 11.4 Å². The summed E-state index contributed by atoms with van der Waals surface area (Å²) in [5, 5.41) is 14.6. The fourth-order valence-corrected chi connectivity index (χ4v) is 2.12. The van der Waals surface area contributed by atoms with Crippen molar-refractivity contribution in [2.75, 3.05) is 24.3 Å². The Balaban J connectivity index is 2.90. The summed E-state index contributed by atoms with van der Waals surface area (Å²) in [7, 11) is 3.75. The van der Waals surface area contributed by atoms with Crippen LogP contribution in [0.15, 0.2) is 24.3 Å². The normalized spacial score (nSPS) is 10.9. The third-order valence-corrected chi connectivity index (χ3v) is 3.60. The summed E-state index contributed by atoms with van der Waals surface area (Å²) in [6.45, 7) is 3.48. The number of amides is 2. The van der Waals surface area contributed by atoms with Crippen LogP contribution in [0.1, 0.15) is 26.7 Å². The number of urea groups is 1. The van der Waals surface area contributed by atoms with E-state index in [-0.39, 0.29) is 0 Å². The van der Waals surface area contributed by atoms with Crippen LogP contribution in [0.25, 0.3) is 0 Å². The second-order valence-corrected chi connectivity index (χ2v) is 5.09. The van der Waals surface area contributed by atoms with Crippen LogP contribution in [-0.2, 0) is 4.79 Å². The van der Waals surface area contributed by atoms with Gasteiger partial charge in [0.2, 0.25) is 0 Å². The molecule has 0 radical (unpaired) electrons. The monoisotopic (exact) mass is 293 g/mol. The number of carbonyl (C=O) groups is 2. The molecular weight excluding hydrogens is 270 g/mol. The van der Waals surface area contributed by atoms with E-state index in [1.54, 1.807) is 19.9 Å². The molecule has 6 nitrogen and oxygen atoms in total. The highest BCUT2D eigenvalue weighted by molar-refractivity contribution is 5.96. The van der Waals surface area contributed by atoms with Crippen LogP contribution in [0, 0.1) is 0 Å². The molecular formula is C15H23N3O3. The molecule has 116 valence electrons. The predicted molar refractivity (Wildman–Crippen MR) is 83.9 cm³/mol. The van der Waals surface area contributed by atoms with Gasteiger partial charge in [-0.2, -0.15) is 0 Å². The van der Waals surface area contributed by atoms with Crippen LogP contribution in [0.4, 0.5) is 16.2 Å². The van der Waals surface area contributed by atoms with Crippen LogP contribution in [0.5, 0.6) is 0 Å². The highest BCUT2D eigenvalue weighted by atomic mass is 16.4. The number of hydrogen-bond donors (Lipinski definition) is 3. The van der Waals surface area contributed by atoms with E-state index in [0.717, 1.165) is 5.69 Å². The van der Waals surface area contributed by atoms with Gasteiger partial charge < -0.3 is 20.6 Å². The molecule has 1 aromatic rings. The number of aliphatic carboxylic acids is 1. The van der Waals surface area contributed by atoms with Crippen molar-refractivity contribution in [3.8, 4) is 0 Å². The van der Waals surface area contributed by atoms with Crippen molar-refractivity contribution in [3.63, 3.8) is 0 Å². The van der Waals surface area contributed by atoms with Gasteiger partial charge in [-0.15, -0.1) is 0 Å². The van der Waals surface area contributed by atoms with Crippen LogP contribution in [0.2, 0.25) is 0 Å². The van der Waals surface area contributed by atoms with Gasteiger partial charge in [0, 0.05) is 14.1 Å². The zero-order chi connectivity index (χ0) is 16.0. The van der Waals surface area contributed by atoms with Gasteiger partial charge in [-0.3, -0.25) is 0 Å². The van der Waals surface area contributed by atoms with Crippen molar-refractivity contribution in [1.82, 2.24) is 5.32 Å². The molecule has 0 fully saturated rings. The van der Waals surface area contributed by atoms with E-state index in [2.05, 4.69) is 10.6 Å². The van der Waals surface area contributed by atoms with E-state index in [1.807, 2.05) is 37.2 Å². The Morgan fingerprint density at radius 3 is 2.24 bits per heavy atom. The van der Waals surface area contributed by atoms with Gasteiger partial charge in [0.15, 0.2) is 0 Å². The number of benzene rings is 1. The molecule has 0 unspecified atom stereocenters. The lowest BCUT2D eigenvalue weighted by molar-refractivity contribution is -0.144. The van der Waals surface area contributed by atoms with Crippen molar-refractivity contribution in [1.29, 1.82) is 0 Å². The largest absolute Gasteiger partial charge is 0.480 e. The molecule has 0 saturated heterocycles. The van der Waals surface area contributed by atoms with Crippen LogP contribution in [0.3, 0.4) is 0 Å². The summed E-state index contributed by atoms with van der Waals surface area (Å²) in [6, 6.07) is 6.81. The Labute approximate surface area is 125 Å². The summed E-state index contributed by atoms with van der Waals surface area (Å²) < 4.78 is 0. The molecule has 3 N–H and O–H groups in total. The topological polar surface area (TPSA) is 81.7 Å². The van der Waals surface area contributed by atoms with Gasteiger partial charge in [-0.1, -0.05) is 26.0 Å². The zero-order valence-corrected chi connectivity index (χ0v) is 12.9. The molecule has 1 aromatic carbocycles. The maximum atomic E-state index is 12.1. The standard InChI is InChI=1S/C15H23N3O3/c1-5-15(6-2,13(19)20)17-14(21)16-11-9-7-8-10-12(11)18(3)4/h7-10H,5-6H2,1-4H3,(H,19,20)(H2,16,17,21). The molecule has 0 aliphatic rings. The number of carboxylic acids is 1. The number of carbonyl (C=O) groups excluding carboxylic acids is 1. The van der Waals surface area contributed by atoms with Crippen LogP contribution >= 0.6 is 0 Å². The summed E-state index contributed by atoms with van der Waals surface area (Å²) >= 11 is 0. The number of para-hydroxylation sites is 2. The number of rotatable bonds is 6. The maximum absolute atomic E-state index is 12.1. The zero-order valence-electron chi connectivity index (χ0n) is 12.9. The minimum absolute atomic E-state index is 0.321. The lowest BCUT2D eigenvalue weighted by Crippen LogP contribution is -2.55. The lowest BCUT2D eigenvalue weighted by Gasteiger charge is -2.28. The Bertz CT molecular complexity index is 511. The number of nitrogens with zero attached hydrogens (tertiary/aromatic N) is 1. The highest BCUT2D eigenvalue weighted by Gasteiger charge is 2.36. The maximum Gasteiger partial charge on any atom is 0.329 e. The van der Waals surface area contributed by atoms with Crippen molar-refractivity contribution in [3.05, 3.63) is 24.3 Å². The number of hydrogen-bond acceptors (Lipinski definition) is 3. The minimum Gasteiger partial charge on any atom is -0.480 e. The lowest BCUT2D eigenvalue weighted by atomic mass is 9.93. The number of nitrogens with one attached hydrogen (secondary N) is 2. The molecule has 0 saturated carbocycles.